The van der Waals surface area contributed by atoms with Gasteiger partial charge in [-0.1, -0.05) is 0 Å². The summed E-state index contributed by atoms with van der Waals surface area (Å²) in [4.78, 5) is 11.4. The first-order valence-electron chi connectivity index (χ1n) is 5.05. The summed E-state index contributed by atoms with van der Waals surface area (Å²) in [7, 11) is 0. The van der Waals surface area contributed by atoms with E-state index in [4.69, 9.17) is 10.2 Å². The predicted octanol–water partition coefficient (Wildman–Crippen LogP) is 1.07. The summed E-state index contributed by atoms with van der Waals surface area (Å²) in [6.07, 6.45) is 2.68. The molecule has 0 bridgehead atoms. The molecule has 0 spiro atoms. The van der Waals surface area contributed by atoms with Gasteiger partial charge in [-0.2, -0.15) is 0 Å². The van der Waals surface area contributed by atoms with Crippen LogP contribution in [0.3, 0.4) is 0 Å². The summed E-state index contributed by atoms with van der Waals surface area (Å²) >= 11 is 0. The summed E-state index contributed by atoms with van der Waals surface area (Å²) < 4.78 is 5.14. The molecular formula is C11H18N2O2. The lowest BCUT2D eigenvalue weighted by Crippen LogP contribution is -2.39. The van der Waals surface area contributed by atoms with Crippen molar-refractivity contribution in [2.75, 3.05) is 6.54 Å². The van der Waals surface area contributed by atoms with Crippen molar-refractivity contribution in [1.82, 2.24) is 5.32 Å². The summed E-state index contributed by atoms with van der Waals surface area (Å²) in [5.74, 6) is 0.858. The van der Waals surface area contributed by atoms with Crippen LogP contribution < -0.4 is 11.1 Å². The summed E-state index contributed by atoms with van der Waals surface area (Å²) in [6.45, 7) is 4.25. The molecule has 1 amide bonds. The monoisotopic (exact) mass is 210 g/mol. The van der Waals surface area contributed by atoms with Crippen LogP contribution in [0, 0.1) is 0 Å². The number of hydrogen-bond donors (Lipinski definition) is 2. The van der Waals surface area contributed by atoms with Gasteiger partial charge in [-0.3, -0.25) is 4.79 Å². The van der Waals surface area contributed by atoms with Gasteiger partial charge in [0.15, 0.2) is 0 Å². The van der Waals surface area contributed by atoms with Gasteiger partial charge in [0.2, 0.25) is 5.91 Å². The molecule has 84 valence electrons. The van der Waals surface area contributed by atoms with Crippen LogP contribution in [0.1, 0.15) is 26.0 Å². The number of carbonyl (C=O) groups excluding carboxylic acids is 1. The van der Waals surface area contributed by atoms with E-state index in [9.17, 15) is 4.79 Å². The van der Waals surface area contributed by atoms with E-state index in [1.165, 1.54) is 0 Å². The van der Waals surface area contributed by atoms with Crippen molar-refractivity contribution in [2.45, 2.75) is 32.2 Å². The van der Waals surface area contributed by atoms with Crippen LogP contribution in [-0.4, -0.2) is 18.0 Å². The molecule has 0 aromatic carbocycles. The van der Waals surface area contributed by atoms with Crippen LogP contribution in [-0.2, 0) is 11.2 Å². The molecule has 0 aliphatic heterocycles. The molecule has 0 unspecified atom stereocenters. The average molecular weight is 210 g/mol. The number of carbonyl (C=O) groups is 1. The summed E-state index contributed by atoms with van der Waals surface area (Å²) in [6, 6.07) is 3.72. The van der Waals surface area contributed by atoms with Crippen LogP contribution in [0.4, 0.5) is 0 Å². The zero-order valence-corrected chi connectivity index (χ0v) is 9.25. The van der Waals surface area contributed by atoms with Gasteiger partial charge in [-0.15, -0.1) is 0 Å². The number of hydrogen-bond acceptors (Lipinski definition) is 3. The Kier molecular flexibility index (Phi) is 3.91. The normalized spacial score (nSPS) is 11.4. The first-order chi connectivity index (χ1) is 6.97. The van der Waals surface area contributed by atoms with E-state index in [2.05, 4.69) is 5.32 Å². The van der Waals surface area contributed by atoms with Crippen molar-refractivity contribution in [3.05, 3.63) is 24.2 Å². The van der Waals surface area contributed by atoms with E-state index in [-0.39, 0.29) is 5.91 Å². The summed E-state index contributed by atoms with van der Waals surface area (Å²) in [5, 5.41) is 2.80. The van der Waals surface area contributed by atoms with Crippen molar-refractivity contribution in [2.24, 2.45) is 5.73 Å². The van der Waals surface area contributed by atoms with Gasteiger partial charge in [-0.25, -0.2) is 0 Å². The minimum atomic E-state index is -0.450. The zero-order chi connectivity index (χ0) is 11.3. The minimum Gasteiger partial charge on any atom is -0.469 e. The molecule has 1 heterocycles. The molecule has 0 atom stereocenters. The Hall–Kier alpha value is -1.29. The Bertz CT molecular complexity index is 299. The molecule has 15 heavy (non-hydrogen) atoms. The van der Waals surface area contributed by atoms with Gasteiger partial charge in [-0.05, 0) is 26.0 Å². The zero-order valence-electron chi connectivity index (χ0n) is 9.25. The first kappa shape index (κ1) is 11.8. The van der Waals surface area contributed by atoms with Crippen molar-refractivity contribution < 1.29 is 9.21 Å². The fourth-order valence-corrected chi connectivity index (χ4v) is 1.26. The first-order valence-corrected chi connectivity index (χ1v) is 5.05. The SMILES string of the molecule is CC(C)(N)CC(=O)NCCc1ccco1. The van der Waals surface area contributed by atoms with Gasteiger partial charge in [0.1, 0.15) is 5.76 Å². The lowest BCUT2D eigenvalue weighted by atomic mass is 10.0. The average Bonchev–Trinajstić information content (AvgIpc) is 2.53. The molecule has 4 nitrogen and oxygen atoms in total. The number of nitrogens with one attached hydrogen (secondary N) is 1. The molecule has 0 aliphatic rings. The molecule has 4 heteroatoms. The molecule has 1 aromatic rings. The van der Waals surface area contributed by atoms with Crippen LogP contribution in [0.5, 0.6) is 0 Å². The maximum Gasteiger partial charge on any atom is 0.221 e. The second kappa shape index (κ2) is 4.98. The molecule has 0 aliphatic carbocycles. The fraction of sp³-hybridized carbons (Fsp3) is 0.545. The second-order valence-electron chi connectivity index (χ2n) is 4.34. The lowest BCUT2D eigenvalue weighted by Gasteiger charge is -2.17. The maximum absolute atomic E-state index is 11.4. The van der Waals surface area contributed by atoms with Gasteiger partial charge in [0.25, 0.3) is 0 Å². The highest BCUT2D eigenvalue weighted by Crippen LogP contribution is 2.03. The van der Waals surface area contributed by atoms with Gasteiger partial charge >= 0.3 is 0 Å². The Morgan fingerprint density at radius 3 is 2.87 bits per heavy atom. The smallest absolute Gasteiger partial charge is 0.221 e. The number of rotatable bonds is 5. The molecule has 1 aromatic heterocycles. The third kappa shape index (κ3) is 5.22. The molecular weight excluding hydrogens is 192 g/mol. The summed E-state index contributed by atoms with van der Waals surface area (Å²) in [5.41, 5.74) is 5.27. The largest absolute Gasteiger partial charge is 0.469 e. The maximum atomic E-state index is 11.4. The van der Waals surface area contributed by atoms with Crippen molar-refractivity contribution in [3.8, 4) is 0 Å². The van der Waals surface area contributed by atoms with Crippen molar-refractivity contribution in [3.63, 3.8) is 0 Å². The molecule has 0 saturated carbocycles. The third-order valence-electron chi connectivity index (χ3n) is 1.89. The van der Waals surface area contributed by atoms with Gasteiger partial charge in [0.05, 0.1) is 6.26 Å². The number of amides is 1. The van der Waals surface area contributed by atoms with Crippen LogP contribution in [0.15, 0.2) is 22.8 Å². The van der Waals surface area contributed by atoms with E-state index in [0.717, 1.165) is 5.76 Å². The molecule has 0 fully saturated rings. The number of furan rings is 1. The highest BCUT2D eigenvalue weighted by atomic mass is 16.3. The Morgan fingerprint density at radius 2 is 2.33 bits per heavy atom. The van der Waals surface area contributed by atoms with E-state index in [1.54, 1.807) is 6.26 Å². The fourth-order valence-electron chi connectivity index (χ4n) is 1.26. The highest BCUT2D eigenvalue weighted by molar-refractivity contribution is 5.77. The van der Waals surface area contributed by atoms with Crippen LogP contribution in [0.25, 0.3) is 0 Å². The van der Waals surface area contributed by atoms with E-state index in [0.29, 0.717) is 19.4 Å². The number of nitrogens with two attached hydrogens (primary N) is 1. The van der Waals surface area contributed by atoms with Gasteiger partial charge < -0.3 is 15.5 Å². The Balaban J connectivity index is 2.18. The lowest BCUT2D eigenvalue weighted by molar-refractivity contribution is -0.121. The van der Waals surface area contributed by atoms with Crippen LogP contribution >= 0.6 is 0 Å². The molecule has 3 N–H and O–H groups in total. The van der Waals surface area contributed by atoms with E-state index < -0.39 is 5.54 Å². The quantitative estimate of drug-likeness (QED) is 0.763. The van der Waals surface area contributed by atoms with Crippen LogP contribution in [0.2, 0.25) is 0 Å². The Morgan fingerprint density at radius 1 is 1.60 bits per heavy atom. The van der Waals surface area contributed by atoms with Crippen molar-refractivity contribution in [1.29, 1.82) is 0 Å². The van der Waals surface area contributed by atoms with Gasteiger partial charge in [0, 0.05) is 24.9 Å². The molecule has 0 saturated heterocycles. The Labute approximate surface area is 89.8 Å². The standard InChI is InChI=1S/C11H18N2O2/c1-11(2,12)8-10(14)13-6-5-9-4-3-7-15-9/h3-4,7H,5-6,8,12H2,1-2H3,(H,13,14). The predicted molar refractivity (Wildman–Crippen MR) is 58.3 cm³/mol. The molecule has 0 radical (unpaired) electrons. The van der Waals surface area contributed by atoms with Crippen molar-refractivity contribution >= 4 is 5.91 Å². The molecule has 1 rings (SSSR count). The minimum absolute atomic E-state index is 0.0194. The second-order valence-corrected chi connectivity index (χ2v) is 4.34. The van der Waals surface area contributed by atoms with E-state index >= 15 is 0 Å². The highest BCUT2D eigenvalue weighted by Gasteiger charge is 2.15. The third-order valence-corrected chi connectivity index (χ3v) is 1.89. The topological polar surface area (TPSA) is 68.3 Å². The van der Waals surface area contributed by atoms with E-state index in [1.807, 2.05) is 26.0 Å².